The third-order valence-electron chi connectivity index (χ3n) is 3.03. The summed E-state index contributed by atoms with van der Waals surface area (Å²) in [5.41, 5.74) is 8.78. The number of thiocarbonyl (C=S) groups is 1. The van der Waals surface area contributed by atoms with Gasteiger partial charge in [-0.3, -0.25) is 4.90 Å². The van der Waals surface area contributed by atoms with Gasteiger partial charge in [0.15, 0.2) is 0 Å². The molecule has 0 saturated carbocycles. The van der Waals surface area contributed by atoms with E-state index in [0.717, 1.165) is 29.8 Å². The van der Waals surface area contributed by atoms with Crippen molar-refractivity contribution in [2.75, 3.05) is 7.05 Å². The van der Waals surface area contributed by atoms with Gasteiger partial charge in [-0.1, -0.05) is 42.5 Å². The minimum absolute atomic E-state index is 0.298. The van der Waals surface area contributed by atoms with Crippen LogP contribution >= 0.6 is 12.2 Å². The number of rotatable bonds is 5. The molecule has 2 aromatic carbocycles. The Kier molecular flexibility index (Phi) is 4.71. The quantitative estimate of drug-likeness (QED) is 0.830. The van der Waals surface area contributed by atoms with E-state index in [2.05, 4.69) is 11.0 Å². The third-order valence-corrected chi connectivity index (χ3v) is 3.26. The molecule has 104 valence electrons. The Bertz CT molecular complexity index is 613. The van der Waals surface area contributed by atoms with Gasteiger partial charge in [-0.05, 0) is 36.4 Å². The first-order valence-electron chi connectivity index (χ1n) is 6.40. The van der Waals surface area contributed by atoms with Gasteiger partial charge in [-0.2, -0.15) is 0 Å². The normalized spacial score (nSPS) is 10.7. The van der Waals surface area contributed by atoms with Gasteiger partial charge in [0, 0.05) is 18.7 Å². The maximum atomic E-state index is 9.47. The minimum atomic E-state index is 0.298. The van der Waals surface area contributed by atoms with Crippen LogP contribution in [0.25, 0.3) is 0 Å². The Balaban J connectivity index is 2.02. The maximum Gasteiger partial charge on any atom is 0.115 e. The molecule has 3 N–H and O–H groups in total. The second-order valence-corrected chi connectivity index (χ2v) is 5.35. The van der Waals surface area contributed by atoms with E-state index in [4.69, 9.17) is 18.0 Å². The molecule has 0 spiro atoms. The summed E-state index contributed by atoms with van der Waals surface area (Å²) >= 11 is 4.99. The Morgan fingerprint density at radius 3 is 2.30 bits per heavy atom. The lowest BCUT2D eigenvalue weighted by Gasteiger charge is -2.17. The summed E-state index contributed by atoms with van der Waals surface area (Å²) in [6.07, 6.45) is 0. The fourth-order valence-corrected chi connectivity index (χ4v) is 2.28. The smallest absolute Gasteiger partial charge is 0.115 e. The molecule has 0 heterocycles. The molecule has 0 unspecified atom stereocenters. The number of nitrogens with two attached hydrogens (primary N) is 1. The van der Waals surface area contributed by atoms with E-state index >= 15 is 0 Å². The zero-order chi connectivity index (χ0) is 14.5. The Hall–Kier alpha value is -1.91. The summed E-state index contributed by atoms with van der Waals surface area (Å²) in [4.78, 5) is 2.59. The molecule has 2 aromatic rings. The largest absolute Gasteiger partial charge is 0.508 e. The second-order valence-electron chi connectivity index (χ2n) is 4.91. The molecule has 0 radical (unpaired) electrons. The average Bonchev–Trinajstić information content (AvgIpc) is 2.38. The molecule has 3 nitrogen and oxygen atoms in total. The van der Waals surface area contributed by atoms with Crippen LogP contribution in [0.15, 0.2) is 48.5 Å². The van der Waals surface area contributed by atoms with Crippen molar-refractivity contribution in [2.45, 2.75) is 13.1 Å². The number of hydrogen-bond donors (Lipinski definition) is 2. The van der Waals surface area contributed by atoms with Crippen molar-refractivity contribution in [3.8, 4) is 5.75 Å². The zero-order valence-corrected chi connectivity index (χ0v) is 12.2. The number of aromatic hydroxyl groups is 1. The van der Waals surface area contributed by atoms with Crippen molar-refractivity contribution in [1.82, 2.24) is 4.90 Å². The number of benzene rings is 2. The standard InChI is InChI=1S/C16H18N2OS/c1-18(11-13-5-3-7-15(19)9-13)10-12-4-2-6-14(8-12)16(17)20/h2-9,19H,10-11H2,1H3,(H2,17,20). The van der Waals surface area contributed by atoms with Gasteiger partial charge >= 0.3 is 0 Å². The maximum absolute atomic E-state index is 9.47. The monoisotopic (exact) mass is 286 g/mol. The minimum Gasteiger partial charge on any atom is -0.508 e. The molecule has 0 fully saturated rings. The molecule has 0 aliphatic rings. The van der Waals surface area contributed by atoms with Gasteiger partial charge < -0.3 is 10.8 Å². The highest BCUT2D eigenvalue weighted by Crippen LogP contribution is 2.14. The van der Waals surface area contributed by atoms with E-state index in [-0.39, 0.29) is 0 Å². The molecule has 0 bridgehead atoms. The predicted octanol–water partition coefficient (Wildman–Crippen LogP) is 2.66. The lowest BCUT2D eigenvalue weighted by Crippen LogP contribution is -2.18. The van der Waals surface area contributed by atoms with Crippen LogP contribution in [0, 0.1) is 0 Å². The summed E-state index contributed by atoms with van der Waals surface area (Å²) < 4.78 is 0. The number of phenolic OH excluding ortho intramolecular Hbond substituents is 1. The molecule has 2 rings (SSSR count). The van der Waals surface area contributed by atoms with Gasteiger partial charge in [0.25, 0.3) is 0 Å². The molecular formula is C16H18N2OS. The van der Waals surface area contributed by atoms with Crippen LogP contribution in [-0.2, 0) is 13.1 Å². The fourth-order valence-electron chi connectivity index (χ4n) is 2.16. The first-order chi connectivity index (χ1) is 9.54. The van der Waals surface area contributed by atoms with Crippen molar-refractivity contribution in [2.24, 2.45) is 5.73 Å². The average molecular weight is 286 g/mol. The first-order valence-corrected chi connectivity index (χ1v) is 6.80. The van der Waals surface area contributed by atoms with Crippen molar-refractivity contribution < 1.29 is 5.11 Å². The number of nitrogens with zero attached hydrogens (tertiary/aromatic N) is 1. The predicted molar refractivity (Wildman–Crippen MR) is 85.6 cm³/mol. The first kappa shape index (κ1) is 14.5. The summed E-state index contributed by atoms with van der Waals surface area (Å²) in [5, 5.41) is 9.47. The number of hydrogen-bond acceptors (Lipinski definition) is 3. The van der Waals surface area contributed by atoms with E-state index in [1.54, 1.807) is 12.1 Å². The van der Waals surface area contributed by atoms with Crippen LogP contribution in [0.1, 0.15) is 16.7 Å². The van der Waals surface area contributed by atoms with E-state index in [1.807, 2.05) is 37.4 Å². The van der Waals surface area contributed by atoms with E-state index in [0.29, 0.717) is 10.7 Å². The highest BCUT2D eigenvalue weighted by atomic mass is 32.1. The Morgan fingerprint density at radius 2 is 1.70 bits per heavy atom. The Labute approximate surface area is 124 Å². The highest BCUT2D eigenvalue weighted by Gasteiger charge is 2.04. The fraction of sp³-hybridized carbons (Fsp3) is 0.188. The van der Waals surface area contributed by atoms with Crippen LogP contribution in [0.2, 0.25) is 0 Å². The van der Waals surface area contributed by atoms with Gasteiger partial charge in [0.05, 0.1) is 0 Å². The van der Waals surface area contributed by atoms with Crippen molar-refractivity contribution in [3.05, 3.63) is 65.2 Å². The SMILES string of the molecule is CN(Cc1cccc(O)c1)Cc1cccc(C(N)=S)c1. The zero-order valence-electron chi connectivity index (χ0n) is 11.4. The number of phenols is 1. The molecule has 0 amide bonds. The van der Waals surface area contributed by atoms with Crippen molar-refractivity contribution >= 4 is 17.2 Å². The molecule has 4 heteroatoms. The van der Waals surface area contributed by atoms with Crippen molar-refractivity contribution in [1.29, 1.82) is 0 Å². The molecule has 0 aliphatic carbocycles. The van der Waals surface area contributed by atoms with E-state index in [9.17, 15) is 5.11 Å². The van der Waals surface area contributed by atoms with Gasteiger partial charge in [-0.25, -0.2) is 0 Å². The van der Waals surface area contributed by atoms with Crippen molar-refractivity contribution in [3.63, 3.8) is 0 Å². The third kappa shape index (κ3) is 4.05. The van der Waals surface area contributed by atoms with Crippen LogP contribution in [-0.4, -0.2) is 22.0 Å². The lowest BCUT2D eigenvalue weighted by molar-refractivity contribution is 0.318. The van der Waals surface area contributed by atoms with Crippen LogP contribution in [0.5, 0.6) is 5.75 Å². The van der Waals surface area contributed by atoms with Gasteiger partial charge in [-0.15, -0.1) is 0 Å². The molecule has 0 aliphatic heterocycles. The molecule has 0 atom stereocenters. The van der Waals surface area contributed by atoms with Gasteiger partial charge in [0.2, 0.25) is 0 Å². The molecule has 0 aromatic heterocycles. The topological polar surface area (TPSA) is 49.5 Å². The van der Waals surface area contributed by atoms with E-state index < -0.39 is 0 Å². The summed E-state index contributed by atoms with van der Waals surface area (Å²) in [5.74, 6) is 0.298. The van der Waals surface area contributed by atoms with Crippen LogP contribution < -0.4 is 5.73 Å². The highest BCUT2D eigenvalue weighted by molar-refractivity contribution is 7.80. The second kappa shape index (κ2) is 6.50. The summed E-state index contributed by atoms with van der Waals surface area (Å²) in [6.45, 7) is 1.57. The van der Waals surface area contributed by atoms with E-state index in [1.165, 1.54) is 0 Å². The Morgan fingerprint density at radius 1 is 1.10 bits per heavy atom. The van der Waals surface area contributed by atoms with Crippen LogP contribution in [0.4, 0.5) is 0 Å². The molecule has 20 heavy (non-hydrogen) atoms. The summed E-state index contributed by atoms with van der Waals surface area (Å²) in [7, 11) is 2.04. The molecule has 0 saturated heterocycles. The van der Waals surface area contributed by atoms with Gasteiger partial charge in [0.1, 0.15) is 10.7 Å². The lowest BCUT2D eigenvalue weighted by atomic mass is 10.1. The summed E-state index contributed by atoms with van der Waals surface area (Å²) in [6, 6.07) is 15.3. The molecular weight excluding hydrogens is 268 g/mol. The van der Waals surface area contributed by atoms with Crippen LogP contribution in [0.3, 0.4) is 0 Å².